The zero-order valence-corrected chi connectivity index (χ0v) is 8.84. The molecule has 2 nitrogen and oxygen atoms in total. The lowest BCUT2D eigenvalue weighted by Gasteiger charge is -2.47. The second kappa shape index (κ2) is 3.25. The fourth-order valence-corrected chi connectivity index (χ4v) is 3.29. The molecule has 4 atom stereocenters. The predicted molar refractivity (Wildman–Crippen MR) is 52.7 cm³/mol. The number of hydrogen-bond acceptors (Lipinski definition) is 1. The van der Waals surface area contributed by atoms with Gasteiger partial charge in [0.05, 0.1) is 25.2 Å². The van der Waals surface area contributed by atoms with Crippen LogP contribution in [0, 0.1) is 5.92 Å². The Labute approximate surface area is 80.9 Å². The maximum atomic E-state index is 10.3. The Bertz CT molecular complexity index is 191. The van der Waals surface area contributed by atoms with Crippen molar-refractivity contribution >= 4 is 0 Å². The molecule has 13 heavy (non-hydrogen) atoms. The van der Waals surface area contributed by atoms with Crippen LogP contribution in [0.3, 0.4) is 0 Å². The molecule has 0 bridgehead atoms. The third-order valence-electron chi connectivity index (χ3n) is 4.22. The third kappa shape index (κ3) is 1.62. The Kier molecular flexibility index (Phi) is 2.37. The molecule has 2 rings (SSSR count). The lowest BCUT2D eigenvalue weighted by Crippen LogP contribution is -3.16. The molecule has 0 aromatic heterocycles. The van der Waals surface area contributed by atoms with E-state index in [2.05, 4.69) is 7.05 Å². The summed E-state index contributed by atoms with van der Waals surface area (Å²) in [6.45, 7) is 3.19. The van der Waals surface area contributed by atoms with Crippen LogP contribution in [0.2, 0.25) is 0 Å². The van der Waals surface area contributed by atoms with Crippen molar-refractivity contribution < 1.29 is 10.0 Å². The molecule has 1 aliphatic heterocycles. The number of nitrogens with one attached hydrogen (secondary N) is 1. The standard InChI is InChI=1S/C11H21NO/c1-11(13)7-8-12(2)10-6-4-3-5-9(10)11/h9-10,13H,3-8H2,1-2H3/p+1/t9-,10-,11+/m0/s1. The highest BCUT2D eigenvalue weighted by atomic mass is 16.3. The number of fused-ring (bicyclic) bond motifs is 1. The van der Waals surface area contributed by atoms with Gasteiger partial charge in [-0.2, -0.15) is 0 Å². The largest absolute Gasteiger partial charge is 0.389 e. The molecule has 1 aliphatic carbocycles. The van der Waals surface area contributed by atoms with E-state index < -0.39 is 0 Å². The van der Waals surface area contributed by atoms with Gasteiger partial charge in [0.15, 0.2) is 0 Å². The quantitative estimate of drug-likeness (QED) is 0.553. The van der Waals surface area contributed by atoms with Gasteiger partial charge in [-0.05, 0) is 26.2 Å². The summed E-state index contributed by atoms with van der Waals surface area (Å²) < 4.78 is 0. The summed E-state index contributed by atoms with van der Waals surface area (Å²) >= 11 is 0. The topological polar surface area (TPSA) is 24.7 Å². The highest BCUT2D eigenvalue weighted by Gasteiger charge is 2.46. The molecule has 2 N–H and O–H groups in total. The molecule has 2 heteroatoms. The Morgan fingerprint density at radius 1 is 1.31 bits per heavy atom. The minimum atomic E-state index is -0.370. The second-order valence-corrected chi connectivity index (χ2v) is 5.20. The highest BCUT2D eigenvalue weighted by Crippen LogP contribution is 2.35. The average Bonchev–Trinajstić information content (AvgIpc) is 2.13. The molecule has 1 saturated heterocycles. The van der Waals surface area contributed by atoms with E-state index in [1.54, 1.807) is 4.90 Å². The maximum Gasteiger partial charge on any atom is 0.0928 e. The van der Waals surface area contributed by atoms with Gasteiger partial charge in [-0.25, -0.2) is 0 Å². The van der Waals surface area contributed by atoms with Crippen LogP contribution in [0.4, 0.5) is 0 Å². The van der Waals surface area contributed by atoms with E-state index in [9.17, 15) is 5.11 Å². The smallest absolute Gasteiger partial charge is 0.0928 e. The maximum absolute atomic E-state index is 10.3. The van der Waals surface area contributed by atoms with E-state index in [1.165, 1.54) is 25.7 Å². The van der Waals surface area contributed by atoms with Gasteiger partial charge in [0.25, 0.3) is 0 Å². The minimum absolute atomic E-state index is 0.370. The summed E-state index contributed by atoms with van der Waals surface area (Å²) in [5.41, 5.74) is -0.370. The van der Waals surface area contributed by atoms with Crippen LogP contribution in [0.25, 0.3) is 0 Å². The fourth-order valence-electron chi connectivity index (χ4n) is 3.29. The van der Waals surface area contributed by atoms with E-state index in [4.69, 9.17) is 0 Å². The fraction of sp³-hybridized carbons (Fsp3) is 1.00. The van der Waals surface area contributed by atoms with Crippen LogP contribution < -0.4 is 4.90 Å². The molecular formula is C11H22NO+. The average molecular weight is 184 g/mol. The summed E-state index contributed by atoms with van der Waals surface area (Å²) in [6.07, 6.45) is 6.25. The van der Waals surface area contributed by atoms with Crippen LogP contribution in [0.15, 0.2) is 0 Å². The van der Waals surface area contributed by atoms with Crippen molar-refractivity contribution in [2.75, 3.05) is 13.6 Å². The minimum Gasteiger partial charge on any atom is -0.389 e. The van der Waals surface area contributed by atoms with Crippen molar-refractivity contribution in [3.8, 4) is 0 Å². The van der Waals surface area contributed by atoms with E-state index in [1.807, 2.05) is 6.92 Å². The van der Waals surface area contributed by atoms with E-state index >= 15 is 0 Å². The third-order valence-corrected chi connectivity index (χ3v) is 4.22. The van der Waals surface area contributed by atoms with Crippen LogP contribution >= 0.6 is 0 Å². The first-order valence-electron chi connectivity index (χ1n) is 5.66. The zero-order valence-electron chi connectivity index (χ0n) is 8.84. The molecule has 1 saturated carbocycles. The molecule has 0 radical (unpaired) electrons. The van der Waals surface area contributed by atoms with Gasteiger partial charge in [0.2, 0.25) is 0 Å². The molecule has 76 valence electrons. The molecule has 1 unspecified atom stereocenters. The molecule has 0 aromatic carbocycles. The van der Waals surface area contributed by atoms with Crippen molar-refractivity contribution in [2.24, 2.45) is 5.92 Å². The Morgan fingerprint density at radius 3 is 2.69 bits per heavy atom. The van der Waals surface area contributed by atoms with Crippen LogP contribution in [0.1, 0.15) is 39.0 Å². The lowest BCUT2D eigenvalue weighted by atomic mass is 9.70. The van der Waals surface area contributed by atoms with Crippen LogP contribution in [-0.4, -0.2) is 30.3 Å². The van der Waals surface area contributed by atoms with E-state index in [0.717, 1.165) is 19.0 Å². The molecular weight excluding hydrogens is 162 g/mol. The summed E-state index contributed by atoms with van der Waals surface area (Å²) in [7, 11) is 2.29. The van der Waals surface area contributed by atoms with Gasteiger partial charge >= 0.3 is 0 Å². The van der Waals surface area contributed by atoms with Crippen molar-refractivity contribution in [3.05, 3.63) is 0 Å². The monoisotopic (exact) mass is 184 g/mol. The normalized spacial score (nSPS) is 51.5. The van der Waals surface area contributed by atoms with E-state index in [0.29, 0.717) is 5.92 Å². The molecule has 2 aliphatic rings. The zero-order chi connectivity index (χ0) is 9.47. The SMILES string of the molecule is C[NH+]1CC[C@@](C)(O)[C@H]2CCCC[C@@H]21. The number of quaternary nitrogens is 1. The predicted octanol–water partition coefficient (Wildman–Crippen LogP) is 0.215. The Balaban J connectivity index is 2.14. The Morgan fingerprint density at radius 2 is 2.00 bits per heavy atom. The van der Waals surface area contributed by atoms with Gasteiger partial charge < -0.3 is 10.0 Å². The van der Waals surface area contributed by atoms with Gasteiger partial charge in [0, 0.05) is 12.3 Å². The number of aliphatic hydroxyl groups is 1. The molecule has 2 fully saturated rings. The second-order valence-electron chi connectivity index (χ2n) is 5.20. The van der Waals surface area contributed by atoms with Gasteiger partial charge in [0.1, 0.15) is 0 Å². The highest BCUT2D eigenvalue weighted by molar-refractivity contribution is 4.91. The number of rotatable bonds is 0. The summed E-state index contributed by atoms with van der Waals surface area (Å²) in [4.78, 5) is 1.65. The van der Waals surface area contributed by atoms with Gasteiger partial charge in [-0.3, -0.25) is 0 Å². The van der Waals surface area contributed by atoms with Crippen molar-refractivity contribution in [2.45, 2.75) is 50.7 Å². The molecule has 0 aromatic rings. The first kappa shape index (κ1) is 9.47. The van der Waals surface area contributed by atoms with Crippen molar-refractivity contribution in [1.29, 1.82) is 0 Å². The molecule has 0 amide bonds. The van der Waals surface area contributed by atoms with Crippen LogP contribution in [-0.2, 0) is 0 Å². The lowest BCUT2D eigenvalue weighted by molar-refractivity contribution is -0.920. The number of hydrogen-bond donors (Lipinski definition) is 2. The van der Waals surface area contributed by atoms with Crippen LogP contribution in [0.5, 0.6) is 0 Å². The first-order valence-corrected chi connectivity index (χ1v) is 5.66. The van der Waals surface area contributed by atoms with Gasteiger partial charge in [-0.15, -0.1) is 0 Å². The summed E-state index contributed by atoms with van der Waals surface area (Å²) in [5.74, 6) is 0.565. The first-order chi connectivity index (χ1) is 6.11. The number of likely N-dealkylation sites (tertiary alicyclic amines) is 1. The van der Waals surface area contributed by atoms with Gasteiger partial charge in [-0.1, -0.05) is 6.42 Å². The van der Waals surface area contributed by atoms with Crippen molar-refractivity contribution in [1.82, 2.24) is 0 Å². The summed E-state index contributed by atoms with van der Waals surface area (Å²) in [5, 5.41) is 10.3. The van der Waals surface area contributed by atoms with E-state index in [-0.39, 0.29) is 5.60 Å². The van der Waals surface area contributed by atoms with Crippen molar-refractivity contribution in [3.63, 3.8) is 0 Å². The Hall–Kier alpha value is -0.0800. The number of piperidine rings is 1. The molecule has 0 spiro atoms. The molecule has 1 heterocycles. The summed E-state index contributed by atoms with van der Waals surface area (Å²) in [6, 6.07) is 0.734.